The van der Waals surface area contributed by atoms with E-state index in [1.807, 2.05) is 0 Å². The lowest BCUT2D eigenvalue weighted by molar-refractivity contribution is -0.133. The second-order valence-electron chi connectivity index (χ2n) is 6.45. The van der Waals surface area contributed by atoms with Crippen molar-refractivity contribution in [2.75, 3.05) is 6.54 Å². The number of hydrogen-bond donors (Lipinski definition) is 3. The Hall–Kier alpha value is -0.730. The van der Waals surface area contributed by atoms with Crippen molar-refractivity contribution >= 4 is 44.5 Å². The SMILES string of the molecule is CC(C)(O)C(C)(NCCCc1ccc(-c2ccc(Br)s2)s1)C(N)=O. The number of thiophene rings is 2. The van der Waals surface area contributed by atoms with Crippen LogP contribution >= 0.6 is 38.6 Å². The third-order valence-electron chi connectivity index (χ3n) is 4.27. The summed E-state index contributed by atoms with van der Waals surface area (Å²) in [6, 6.07) is 8.48. The molecule has 4 nitrogen and oxygen atoms in total. The maximum atomic E-state index is 11.7. The molecule has 24 heavy (non-hydrogen) atoms. The van der Waals surface area contributed by atoms with Gasteiger partial charge in [-0.05, 0) is 80.4 Å². The molecule has 7 heteroatoms. The van der Waals surface area contributed by atoms with E-state index in [1.165, 1.54) is 14.6 Å². The summed E-state index contributed by atoms with van der Waals surface area (Å²) in [7, 11) is 0. The molecule has 1 amide bonds. The summed E-state index contributed by atoms with van der Waals surface area (Å²) in [5.74, 6) is -0.545. The molecule has 0 fully saturated rings. The van der Waals surface area contributed by atoms with Crippen LogP contribution < -0.4 is 11.1 Å². The van der Waals surface area contributed by atoms with E-state index in [2.05, 4.69) is 45.5 Å². The van der Waals surface area contributed by atoms with Crippen LogP contribution in [-0.4, -0.2) is 28.7 Å². The van der Waals surface area contributed by atoms with Gasteiger partial charge in [-0.1, -0.05) is 0 Å². The van der Waals surface area contributed by atoms with Gasteiger partial charge < -0.3 is 16.2 Å². The van der Waals surface area contributed by atoms with Crippen LogP contribution in [0.5, 0.6) is 0 Å². The Morgan fingerprint density at radius 1 is 1.21 bits per heavy atom. The summed E-state index contributed by atoms with van der Waals surface area (Å²) in [5.41, 5.74) is 3.10. The maximum absolute atomic E-state index is 11.7. The Kier molecular flexibility index (Phi) is 6.25. The third-order valence-corrected chi connectivity index (χ3v) is 7.24. The molecule has 2 aromatic heterocycles. The quantitative estimate of drug-likeness (QED) is 0.557. The van der Waals surface area contributed by atoms with E-state index in [4.69, 9.17) is 5.73 Å². The fraction of sp³-hybridized carbons (Fsp3) is 0.471. The smallest absolute Gasteiger partial charge is 0.240 e. The van der Waals surface area contributed by atoms with Gasteiger partial charge in [-0.15, -0.1) is 22.7 Å². The molecule has 0 spiro atoms. The van der Waals surface area contributed by atoms with Crippen LogP contribution in [0.1, 0.15) is 32.1 Å². The number of hydrogen-bond acceptors (Lipinski definition) is 5. The standard InChI is InChI=1S/C17H23BrN2O2S2/c1-16(2,22)17(3,15(19)21)20-10-4-5-11-6-7-12(23-11)13-8-9-14(18)24-13/h6-9,20,22H,4-5,10H2,1-3H3,(H2,19,21). The molecule has 2 heterocycles. The number of halogens is 1. The van der Waals surface area contributed by atoms with Crippen LogP contribution in [-0.2, 0) is 11.2 Å². The highest BCUT2D eigenvalue weighted by Crippen LogP contribution is 2.35. The van der Waals surface area contributed by atoms with E-state index in [-0.39, 0.29) is 0 Å². The molecule has 0 aliphatic heterocycles. The fourth-order valence-electron chi connectivity index (χ4n) is 2.30. The van der Waals surface area contributed by atoms with Gasteiger partial charge in [-0.2, -0.15) is 0 Å². The molecular weight excluding hydrogens is 408 g/mol. The molecule has 132 valence electrons. The van der Waals surface area contributed by atoms with Gasteiger partial charge in [-0.3, -0.25) is 4.79 Å². The second-order valence-corrected chi connectivity index (χ2v) is 10.1. The number of carbonyl (C=O) groups is 1. The predicted octanol–water partition coefficient (Wildman–Crippen LogP) is 3.78. The number of aryl methyl sites for hydroxylation is 1. The topological polar surface area (TPSA) is 75.3 Å². The molecule has 4 N–H and O–H groups in total. The summed E-state index contributed by atoms with van der Waals surface area (Å²) < 4.78 is 1.13. The van der Waals surface area contributed by atoms with Crippen molar-refractivity contribution in [3.63, 3.8) is 0 Å². The number of aliphatic hydroxyl groups is 1. The lowest BCUT2D eigenvalue weighted by atomic mass is 9.83. The number of nitrogens with one attached hydrogen (secondary N) is 1. The van der Waals surface area contributed by atoms with Gasteiger partial charge in [0.15, 0.2) is 0 Å². The number of carbonyl (C=O) groups excluding carboxylic acids is 1. The molecular formula is C17H23BrN2O2S2. The van der Waals surface area contributed by atoms with Gasteiger partial charge in [0.1, 0.15) is 5.54 Å². The van der Waals surface area contributed by atoms with Crippen molar-refractivity contribution in [1.29, 1.82) is 0 Å². The second kappa shape index (κ2) is 7.66. The van der Waals surface area contributed by atoms with Crippen molar-refractivity contribution in [1.82, 2.24) is 5.32 Å². The summed E-state index contributed by atoms with van der Waals surface area (Å²) >= 11 is 7.01. The lowest BCUT2D eigenvalue weighted by Gasteiger charge is -2.38. The molecule has 0 saturated carbocycles. The first-order valence-electron chi connectivity index (χ1n) is 7.75. The Morgan fingerprint density at radius 2 is 1.83 bits per heavy atom. The average Bonchev–Trinajstić information content (AvgIpc) is 3.10. The van der Waals surface area contributed by atoms with Gasteiger partial charge >= 0.3 is 0 Å². The number of rotatable bonds is 8. The molecule has 0 aliphatic rings. The van der Waals surface area contributed by atoms with E-state index in [1.54, 1.807) is 43.4 Å². The van der Waals surface area contributed by atoms with E-state index >= 15 is 0 Å². The number of primary amides is 1. The van der Waals surface area contributed by atoms with Crippen LogP contribution in [0.25, 0.3) is 9.75 Å². The van der Waals surface area contributed by atoms with Crippen LogP contribution in [0.3, 0.4) is 0 Å². The van der Waals surface area contributed by atoms with Crippen LogP contribution in [0.4, 0.5) is 0 Å². The van der Waals surface area contributed by atoms with Gasteiger partial charge in [-0.25, -0.2) is 0 Å². The normalized spacial score (nSPS) is 14.5. The molecule has 0 aromatic carbocycles. The van der Waals surface area contributed by atoms with E-state index in [0.717, 1.165) is 16.6 Å². The summed E-state index contributed by atoms with van der Waals surface area (Å²) in [5, 5.41) is 13.3. The van der Waals surface area contributed by atoms with Crippen molar-refractivity contribution < 1.29 is 9.90 Å². The Morgan fingerprint density at radius 3 is 2.38 bits per heavy atom. The monoisotopic (exact) mass is 430 g/mol. The Balaban J connectivity index is 1.89. The van der Waals surface area contributed by atoms with Gasteiger partial charge in [0.25, 0.3) is 0 Å². The van der Waals surface area contributed by atoms with Gasteiger partial charge in [0.05, 0.1) is 9.39 Å². The molecule has 1 unspecified atom stereocenters. The molecule has 0 bridgehead atoms. The molecule has 0 saturated heterocycles. The highest BCUT2D eigenvalue weighted by atomic mass is 79.9. The minimum Gasteiger partial charge on any atom is -0.388 e. The van der Waals surface area contributed by atoms with Crippen molar-refractivity contribution in [3.05, 3.63) is 32.9 Å². The molecule has 0 aliphatic carbocycles. The summed E-state index contributed by atoms with van der Waals surface area (Å²) in [6.45, 7) is 5.44. The van der Waals surface area contributed by atoms with Crippen molar-refractivity contribution in [2.24, 2.45) is 5.73 Å². The van der Waals surface area contributed by atoms with Crippen molar-refractivity contribution in [3.8, 4) is 9.75 Å². The Labute approximate surface area is 159 Å². The maximum Gasteiger partial charge on any atom is 0.240 e. The molecule has 1 atom stereocenters. The zero-order valence-corrected chi connectivity index (χ0v) is 17.3. The largest absolute Gasteiger partial charge is 0.388 e. The first-order valence-corrected chi connectivity index (χ1v) is 10.2. The minimum absolute atomic E-state index is 0.545. The first kappa shape index (κ1) is 19.6. The third kappa shape index (κ3) is 4.46. The highest BCUT2D eigenvalue weighted by Gasteiger charge is 2.44. The molecule has 2 rings (SSSR count). The fourth-order valence-corrected chi connectivity index (χ4v) is 4.82. The van der Waals surface area contributed by atoms with E-state index in [9.17, 15) is 9.90 Å². The average molecular weight is 431 g/mol. The predicted molar refractivity (Wildman–Crippen MR) is 106 cm³/mol. The zero-order valence-electron chi connectivity index (χ0n) is 14.1. The zero-order chi connectivity index (χ0) is 18.0. The number of nitrogens with two attached hydrogens (primary N) is 1. The number of amides is 1. The molecule has 0 radical (unpaired) electrons. The lowest BCUT2D eigenvalue weighted by Crippen LogP contribution is -2.65. The Bertz CT molecular complexity index is 706. The van der Waals surface area contributed by atoms with Gasteiger partial charge in [0.2, 0.25) is 5.91 Å². The van der Waals surface area contributed by atoms with E-state index in [0.29, 0.717) is 6.54 Å². The molecule has 2 aromatic rings. The van der Waals surface area contributed by atoms with Crippen molar-refractivity contribution in [2.45, 2.75) is 44.8 Å². The minimum atomic E-state index is -1.22. The van der Waals surface area contributed by atoms with Crippen LogP contribution in [0, 0.1) is 0 Å². The summed E-state index contributed by atoms with van der Waals surface area (Å²) in [6.07, 6.45) is 1.79. The van der Waals surface area contributed by atoms with Gasteiger partial charge in [0, 0.05) is 14.6 Å². The van der Waals surface area contributed by atoms with Crippen LogP contribution in [0.2, 0.25) is 0 Å². The van der Waals surface area contributed by atoms with Crippen LogP contribution in [0.15, 0.2) is 28.1 Å². The highest BCUT2D eigenvalue weighted by molar-refractivity contribution is 9.11. The summed E-state index contributed by atoms with van der Waals surface area (Å²) in [4.78, 5) is 15.5. The first-order chi connectivity index (χ1) is 11.1. The van der Waals surface area contributed by atoms with E-state index < -0.39 is 17.0 Å².